The van der Waals surface area contributed by atoms with Crippen molar-refractivity contribution >= 4 is 10.9 Å². The first-order valence-electron chi connectivity index (χ1n) is 9.63. The lowest BCUT2D eigenvalue weighted by molar-refractivity contribution is -0.248. The van der Waals surface area contributed by atoms with Gasteiger partial charge in [-0.05, 0) is 48.0 Å². The first kappa shape index (κ1) is 21.8. The number of allylic oxidation sites excluding steroid dienone is 1. The highest BCUT2D eigenvalue weighted by Gasteiger charge is 2.57. The van der Waals surface area contributed by atoms with Gasteiger partial charge in [-0.15, -0.1) is 6.58 Å². The van der Waals surface area contributed by atoms with Crippen LogP contribution in [0, 0.1) is 5.82 Å². The standard InChI is InChI=1S/C23H19F4N3O2/c1-2-9-29-13-17(11-20(29)14-31)22(32,23(25,26)27)16-3-8-21-15(10-16)12-28-30(21)19-6-4-18(24)5-7-19/h2-8,10-13,31-32H,1,9,14H2. The van der Waals surface area contributed by atoms with Gasteiger partial charge >= 0.3 is 6.18 Å². The first-order valence-corrected chi connectivity index (χ1v) is 9.63. The van der Waals surface area contributed by atoms with Gasteiger partial charge in [0.05, 0.1) is 24.0 Å². The number of alkyl halides is 3. The predicted molar refractivity (Wildman–Crippen MR) is 111 cm³/mol. The van der Waals surface area contributed by atoms with Crippen LogP contribution in [0.15, 0.2) is 73.6 Å². The lowest BCUT2D eigenvalue weighted by Crippen LogP contribution is -2.43. The molecule has 0 aliphatic heterocycles. The Labute approximate surface area is 180 Å². The molecule has 5 nitrogen and oxygen atoms in total. The minimum absolute atomic E-state index is 0.174. The molecule has 0 saturated carbocycles. The third kappa shape index (κ3) is 3.49. The van der Waals surface area contributed by atoms with Crippen LogP contribution in [-0.4, -0.2) is 30.7 Å². The molecule has 0 spiro atoms. The fourth-order valence-corrected chi connectivity index (χ4v) is 3.73. The highest BCUT2D eigenvalue weighted by atomic mass is 19.4. The summed E-state index contributed by atoms with van der Waals surface area (Å²) in [5.74, 6) is -0.423. The van der Waals surface area contributed by atoms with Crippen LogP contribution in [0.4, 0.5) is 17.6 Å². The van der Waals surface area contributed by atoms with Crippen molar-refractivity contribution in [2.24, 2.45) is 0 Å². The predicted octanol–water partition coefficient (Wildman–Crippen LogP) is 4.44. The Morgan fingerprint density at radius 3 is 2.38 bits per heavy atom. The summed E-state index contributed by atoms with van der Waals surface area (Å²) in [6.07, 6.45) is -1.03. The van der Waals surface area contributed by atoms with Crippen molar-refractivity contribution in [3.63, 3.8) is 0 Å². The number of aromatic nitrogens is 3. The molecule has 4 rings (SSSR count). The van der Waals surface area contributed by atoms with E-state index in [-0.39, 0.29) is 12.2 Å². The second-order valence-corrected chi connectivity index (χ2v) is 7.33. The maximum absolute atomic E-state index is 14.2. The van der Waals surface area contributed by atoms with Crippen LogP contribution in [0.3, 0.4) is 0 Å². The summed E-state index contributed by atoms with van der Waals surface area (Å²) in [7, 11) is 0. The molecule has 9 heteroatoms. The topological polar surface area (TPSA) is 63.2 Å². The van der Waals surface area contributed by atoms with E-state index in [1.807, 2.05) is 0 Å². The van der Waals surface area contributed by atoms with Crippen LogP contribution in [0.5, 0.6) is 0 Å². The SMILES string of the molecule is C=CCn1cc(C(O)(c2ccc3c(cnn3-c3ccc(F)cc3)c2)C(F)(F)F)cc1CO. The van der Waals surface area contributed by atoms with Crippen LogP contribution in [0.2, 0.25) is 0 Å². The molecule has 0 radical (unpaired) electrons. The zero-order chi connectivity index (χ0) is 23.1. The van der Waals surface area contributed by atoms with Crippen LogP contribution in [0.25, 0.3) is 16.6 Å². The van der Waals surface area contributed by atoms with Crippen molar-refractivity contribution < 1.29 is 27.8 Å². The van der Waals surface area contributed by atoms with Crippen LogP contribution in [-0.2, 0) is 18.8 Å². The molecule has 0 aliphatic carbocycles. The minimum Gasteiger partial charge on any atom is -0.390 e. The fourth-order valence-electron chi connectivity index (χ4n) is 3.73. The van der Waals surface area contributed by atoms with Gasteiger partial charge in [-0.2, -0.15) is 18.3 Å². The molecular weight excluding hydrogens is 426 g/mol. The summed E-state index contributed by atoms with van der Waals surface area (Å²) in [6.45, 7) is 3.24. The Bertz CT molecular complexity index is 1270. The number of hydrogen-bond donors (Lipinski definition) is 2. The molecule has 2 heterocycles. The summed E-state index contributed by atoms with van der Waals surface area (Å²) < 4.78 is 58.7. The van der Waals surface area contributed by atoms with Gasteiger partial charge in [-0.25, -0.2) is 9.07 Å². The lowest BCUT2D eigenvalue weighted by Gasteiger charge is -2.30. The maximum Gasteiger partial charge on any atom is 0.425 e. The molecular formula is C23H19F4N3O2. The summed E-state index contributed by atoms with van der Waals surface area (Å²) in [5, 5.41) is 25.1. The second-order valence-electron chi connectivity index (χ2n) is 7.33. The molecule has 0 bridgehead atoms. The van der Waals surface area contributed by atoms with Gasteiger partial charge in [0.25, 0.3) is 0 Å². The molecule has 2 aromatic carbocycles. The molecule has 0 aliphatic rings. The molecule has 4 aromatic rings. The number of aliphatic hydroxyl groups is 2. The summed E-state index contributed by atoms with van der Waals surface area (Å²) >= 11 is 0. The van der Waals surface area contributed by atoms with Crippen molar-refractivity contribution in [3.05, 3.63) is 96.2 Å². The number of nitrogens with zero attached hydrogens (tertiary/aromatic N) is 3. The van der Waals surface area contributed by atoms with E-state index in [0.29, 0.717) is 16.6 Å². The third-order valence-corrected chi connectivity index (χ3v) is 5.36. The van der Waals surface area contributed by atoms with Gasteiger partial charge in [0.1, 0.15) is 5.82 Å². The molecule has 32 heavy (non-hydrogen) atoms. The lowest BCUT2D eigenvalue weighted by atomic mass is 9.86. The number of benzene rings is 2. The average Bonchev–Trinajstić information content (AvgIpc) is 3.37. The smallest absolute Gasteiger partial charge is 0.390 e. The van der Waals surface area contributed by atoms with Crippen LogP contribution < -0.4 is 0 Å². The van der Waals surface area contributed by atoms with Gasteiger partial charge < -0.3 is 14.8 Å². The summed E-state index contributed by atoms with van der Waals surface area (Å²) in [4.78, 5) is 0. The molecule has 1 atom stereocenters. The molecule has 166 valence electrons. The quantitative estimate of drug-likeness (QED) is 0.341. The Morgan fingerprint density at radius 2 is 1.75 bits per heavy atom. The van der Waals surface area contributed by atoms with E-state index in [9.17, 15) is 27.8 Å². The highest BCUT2D eigenvalue weighted by molar-refractivity contribution is 5.81. The zero-order valence-electron chi connectivity index (χ0n) is 16.7. The van der Waals surface area contributed by atoms with Crippen molar-refractivity contribution in [3.8, 4) is 5.69 Å². The summed E-state index contributed by atoms with van der Waals surface area (Å²) in [5.41, 5.74) is -2.87. The van der Waals surface area contributed by atoms with Gasteiger partial charge in [-0.1, -0.05) is 12.1 Å². The number of aliphatic hydroxyl groups excluding tert-OH is 1. The maximum atomic E-state index is 14.2. The van der Waals surface area contributed by atoms with E-state index < -0.39 is 35.3 Å². The van der Waals surface area contributed by atoms with E-state index >= 15 is 0 Å². The Morgan fingerprint density at radius 1 is 1.03 bits per heavy atom. The molecule has 0 saturated heterocycles. The number of fused-ring (bicyclic) bond motifs is 1. The van der Waals surface area contributed by atoms with E-state index in [1.54, 1.807) is 0 Å². The molecule has 0 fully saturated rings. The third-order valence-electron chi connectivity index (χ3n) is 5.36. The first-order chi connectivity index (χ1) is 15.2. The fraction of sp³-hybridized carbons (Fsp3) is 0.174. The minimum atomic E-state index is -5.04. The Balaban J connectivity index is 1.85. The zero-order valence-corrected chi connectivity index (χ0v) is 16.7. The van der Waals surface area contributed by atoms with E-state index in [0.717, 1.165) is 12.3 Å². The normalized spacial score (nSPS) is 13.9. The van der Waals surface area contributed by atoms with E-state index in [2.05, 4.69) is 11.7 Å². The average molecular weight is 445 g/mol. The molecule has 2 N–H and O–H groups in total. The van der Waals surface area contributed by atoms with Crippen molar-refractivity contribution in [1.29, 1.82) is 0 Å². The van der Waals surface area contributed by atoms with Gasteiger partial charge in [0.2, 0.25) is 5.60 Å². The van der Waals surface area contributed by atoms with Crippen LogP contribution >= 0.6 is 0 Å². The Kier molecular flexibility index (Phi) is 5.39. The largest absolute Gasteiger partial charge is 0.425 e. The second kappa shape index (κ2) is 7.92. The monoisotopic (exact) mass is 445 g/mol. The van der Waals surface area contributed by atoms with E-state index in [4.69, 9.17) is 0 Å². The van der Waals surface area contributed by atoms with Crippen molar-refractivity contribution in [2.45, 2.75) is 24.9 Å². The van der Waals surface area contributed by atoms with Gasteiger partial charge in [0, 0.05) is 29.4 Å². The highest BCUT2D eigenvalue weighted by Crippen LogP contribution is 2.45. The molecule has 0 amide bonds. The number of hydrogen-bond acceptors (Lipinski definition) is 3. The molecule has 2 aromatic heterocycles. The van der Waals surface area contributed by atoms with Crippen molar-refractivity contribution in [1.82, 2.24) is 14.3 Å². The van der Waals surface area contributed by atoms with Gasteiger partial charge in [0.15, 0.2) is 0 Å². The number of rotatable bonds is 6. The molecule has 1 unspecified atom stereocenters. The van der Waals surface area contributed by atoms with E-state index in [1.165, 1.54) is 64.0 Å². The number of halogens is 4. The van der Waals surface area contributed by atoms with Gasteiger partial charge in [-0.3, -0.25) is 0 Å². The summed E-state index contributed by atoms with van der Waals surface area (Å²) in [6, 6.07) is 10.5. The van der Waals surface area contributed by atoms with Crippen LogP contribution in [0.1, 0.15) is 16.8 Å². The van der Waals surface area contributed by atoms with Crippen molar-refractivity contribution in [2.75, 3.05) is 0 Å². The Hall–Kier alpha value is -3.43.